The molecule has 24 heavy (non-hydrogen) atoms. The van der Waals surface area contributed by atoms with Crippen LogP contribution in [0.25, 0.3) is 0 Å². The number of carbonyl (C=O) groups is 3. The Morgan fingerprint density at radius 2 is 2.08 bits per heavy atom. The largest absolute Gasteiger partial charge is 0.497 e. The minimum atomic E-state index is -0.936. The molecule has 2 N–H and O–H groups in total. The molecule has 1 aliphatic carbocycles. The maximum absolute atomic E-state index is 12.3. The third-order valence-corrected chi connectivity index (χ3v) is 3.93. The first-order valence-electron chi connectivity index (χ1n) is 7.87. The van der Waals surface area contributed by atoms with E-state index in [2.05, 4.69) is 5.32 Å². The van der Waals surface area contributed by atoms with Crippen molar-refractivity contribution in [1.29, 1.82) is 0 Å². The summed E-state index contributed by atoms with van der Waals surface area (Å²) in [6, 6.07) is 6.73. The molecule has 0 aromatic heterocycles. The maximum Gasteiger partial charge on any atom is 0.308 e. The summed E-state index contributed by atoms with van der Waals surface area (Å²) in [6.45, 7) is 1.58. The molecule has 0 bridgehead atoms. The van der Waals surface area contributed by atoms with Gasteiger partial charge in [-0.3, -0.25) is 14.4 Å². The SMILES string of the molecule is COc1cccc(C(=O)NCC(=O)N(CC(C)C(=O)O)C2CC2)c1. The Balaban J connectivity index is 1.92. The lowest BCUT2D eigenvalue weighted by Crippen LogP contribution is -2.44. The number of rotatable bonds is 8. The highest BCUT2D eigenvalue weighted by Crippen LogP contribution is 2.27. The van der Waals surface area contributed by atoms with Crippen molar-refractivity contribution in [2.24, 2.45) is 5.92 Å². The van der Waals surface area contributed by atoms with Crippen molar-refractivity contribution >= 4 is 17.8 Å². The van der Waals surface area contributed by atoms with Crippen molar-refractivity contribution in [3.8, 4) is 5.75 Å². The van der Waals surface area contributed by atoms with Gasteiger partial charge < -0.3 is 20.1 Å². The van der Waals surface area contributed by atoms with Gasteiger partial charge in [0.05, 0.1) is 19.6 Å². The Kier molecular flexibility index (Phi) is 5.78. The fourth-order valence-corrected chi connectivity index (χ4v) is 2.34. The molecule has 1 unspecified atom stereocenters. The van der Waals surface area contributed by atoms with Gasteiger partial charge in [0.2, 0.25) is 5.91 Å². The molecule has 7 nitrogen and oxygen atoms in total. The number of benzene rings is 1. The fraction of sp³-hybridized carbons (Fsp3) is 0.471. The second kappa shape index (κ2) is 7.81. The van der Waals surface area contributed by atoms with Crippen molar-refractivity contribution in [1.82, 2.24) is 10.2 Å². The van der Waals surface area contributed by atoms with E-state index in [1.165, 1.54) is 7.11 Å². The van der Waals surface area contributed by atoms with Crippen LogP contribution in [-0.4, -0.2) is 54.0 Å². The van der Waals surface area contributed by atoms with Crippen molar-refractivity contribution in [3.63, 3.8) is 0 Å². The molecule has 2 rings (SSSR count). The molecule has 1 aromatic carbocycles. The molecule has 1 aromatic rings. The molecule has 0 radical (unpaired) electrons. The van der Waals surface area contributed by atoms with Gasteiger partial charge in [0.25, 0.3) is 5.91 Å². The van der Waals surface area contributed by atoms with E-state index in [-0.39, 0.29) is 30.9 Å². The van der Waals surface area contributed by atoms with Crippen LogP contribution < -0.4 is 10.1 Å². The van der Waals surface area contributed by atoms with Gasteiger partial charge in [0.15, 0.2) is 0 Å². The van der Waals surface area contributed by atoms with Gasteiger partial charge in [-0.15, -0.1) is 0 Å². The van der Waals surface area contributed by atoms with E-state index in [1.54, 1.807) is 36.1 Å². The molecule has 0 heterocycles. The second-order valence-electron chi connectivity index (χ2n) is 5.93. The number of methoxy groups -OCH3 is 1. The first-order valence-corrected chi connectivity index (χ1v) is 7.87. The van der Waals surface area contributed by atoms with Gasteiger partial charge in [-0.1, -0.05) is 13.0 Å². The number of hydrogen-bond donors (Lipinski definition) is 2. The zero-order valence-electron chi connectivity index (χ0n) is 13.8. The van der Waals surface area contributed by atoms with Crippen LogP contribution >= 0.6 is 0 Å². The summed E-state index contributed by atoms with van der Waals surface area (Å²) in [6.07, 6.45) is 1.75. The van der Waals surface area contributed by atoms with Gasteiger partial charge in [-0.2, -0.15) is 0 Å². The zero-order chi connectivity index (χ0) is 17.7. The molecule has 2 amide bonds. The summed E-state index contributed by atoms with van der Waals surface area (Å²) in [5.41, 5.74) is 0.402. The first-order chi connectivity index (χ1) is 11.4. The Morgan fingerprint density at radius 3 is 2.67 bits per heavy atom. The van der Waals surface area contributed by atoms with Crippen LogP contribution in [0.4, 0.5) is 0 Å². The summed E-state index contributed by atoms with van der Waals surface area (Å²) >= 11 is 0. The predicted molar refractivity (Wildman–Crippen MR) is 86.9 cm³/mol. The van der Waals surface area contributed by atoms with Crippen molar-refractivity contribution < 1.29 is 24.2 Å². The Morgan fingerprint density at radius 1 is 1.38 bits per heavy atom. The molecular weight excluding hydrogens is 312 g/mol. The molecule has 0 saturated heterocycles. The van der Waals surface area contributed by atoms with Crippen LogP contribution in [0.1, 0.15) is 30.1 Å². The number of nitrogens with zero attached hydrogens (tertiary/aromatic N) is 1. The molecule has 130 valence electrons. The van der Waals surface area contributed by atoms with E-state index in [9.17, 15) is 14.4 Å². The highest BCUT2D eigenvalue weighted by Gasteiger charge is 2.34. The first kappa shape index (κ1) is 17.8. The second-order valence-corrected chi connectivity index (χ2v) is 5.93. The van der Waals surface area contributed by atoms with Crippen molar-refractivity contribution in [2.75, 3.05) is 20.2 Å². The lowest BCUT2D eigenvalue weighted by molar-refractivity contribution is -0.143. The number of aliphatic carboxylic acids is 1. The van der Waals surface area contributed by atoms with Crippen molar-refractivity contribution in [3.05, 3.63) is 29.8 Å². The minimum Gasteiger partial charge on any atom is -0.497 e. The molecule has 1 saturated carbocycles. The molecule has 1 atom stereocenters. The smallest absolute Gasteiger partial charge is 0.308 e. The maximum atomic E-state index is 12.3. The van der Waals surface area contributed by atoms with Crippen LogP contribution in [0.5, 0.6) is 5.75 Å². The summed E-state index contributed by atoms with van der Waals surface area (Å²) in [5.74, 6) is -1.65. The molecule has 1 aliphatic rings. The summed E-state index contributed by atoms with van der Waals surface area (Å²) in [4.78, 5) is 37.0. The van der Waals surface area contributed by atoms with Gasteiger partial charge >= 0.3 is 5.97 Å². The van der Waals surface area contributed by atoms with E-state index >= 15 is 0 Å². The van der Waals surface area contributed by atoms with E-state index in [4.69, 9.17) is 9.84 Å². The van der Waals surface area contributed by atoms with E-state index in [0.717, 1.165) is 12.8 Å². The Hall–Kier alpha value is -2.57. The molecular formula is C17H22N2O5. The Bertz CT molecular complexity index is 627. The van der Waals surface area contributed by atoms with E-state index in [1.807, 2.05) is 0 Å². The summed E-state index contributed by atoms with van der Waals surface area (Å²) in [7, 11) is 1.51. The third-order valence-electron chi connectivity index (χ3n) is 3.93. The van der Waals surface area contributed by atoms with Crippen LogP contribution in [-0.2, 0) is 9.59 Å². The monoisotopic (exact) mass is 334 g/mol. The van der Waals surface area contributed by atoms with Gasteiger partial charge in [0, 0.05) is 18.2 Å². The van der Waals surface area contributed by atoms with E-state index in [0.29, 0.717) is 11.3 Å². The fourth-order valence-electron chi connectivity index (χ4n) is 2.34. The number of nitrogens with one attached hydrogen (secondary N) is 1. The standard InChI is InChI=1S/C17H22N2O5/c1-11(17(22)23)10-19(13-6-7-13)15(20)9-18-16(21)12-4-3-5-14(8-12)24-2/h3-5,8,11,13H,6-7,9-10H2,1-2H3,(H,18,21)(H,22,23). The number of ether oxygens (including phenoxy) is 1. The van der Waals surface area contributed by atoms with Crippen LogP contribution in [0.3, 0.4) is 0 Å². The van der Waals surface area contributed by atoms with E-state index < -0.39 is 11.9 Å². The predicted octanol–water partition coefficient (Wildman–Crippen LogP) is 1.14. The zero-order valence-corrected chi connectivity index (χ0v) is 13.8. The lowest BCUT2D eigenvalue weighted by atomic mass is 10.1. The lowest BCUT2D eigenvalue weighted by Gasteiger charge is -2.24. The highest BCUT2D eigenvalue weighted by atomic mass is 16.5. The molecule has 7 heteroatoms. The Labute approximate surface area is 140 Å². The van der Waals surface area contributed by atoms with Crippen LogP contribution in [0, 0.1) is 5.92 Å². The van der Waals surface area contributed by atoms with Gasteiger partial charge in [0.1, 0.15) is 5.75 Å². The van der Waals surface area contributed by atoms with Gasteiger partial charge in [-0.25, -0.2) is 0 Å². The summed E-state index contributed by atoms with van der Waals surface area (Å²) < 4.78 is 5.06. The normalized spacial score (nSPS) is 14.6. The number of carboxylic acid groups (broad SMARTS) is 1. The number of hydrogen-bond acceptors (Lipinski definition) is 4. The van der Waals surface area contributed by atoms with Crippen LogP contribution in [0.15, 0.2) is 24.3 Å². The average molecular weight is 334 g/mol. The number of carbonyl (C=O) groups excluding carboxylic acids is 2. The van der Waals surface area contributed by atoms with Crippen LogP contribution in [0.2, 0.25) is 0 Å². The summed E-state index contributed by atoms with van der Waals surface area (Å²) in [5, 5.41) is 11.6. The topological polar surface area (TPSA) is 95.9 Å². The van der Waals surface area contributed by atoms with Crippen molar-refractivity contribution in [2.45, 2.75) is 25.8 Å². The quantitative estimate of drug-likeness (QED) is 0.743. The minimum absolute atomic E-state index is 0.0908. The average Bonchev–Trinajstić information content (AvgIpc) is 3.41. The molecule has 1 fully saturated rings. The third kappa shape index (κ3) is 4.71. The number of carboxylic acids is 1. The molecule has 0 spiro atoms. The highest BCUT2D eigenvalue weighted by molar-refractivity contribution is 5.96. The molecule has 0 aliphatic heterocycles. The number of amides is 2. The van der Waals surface area contributed by atoms with Gasteiger partial charge in [-0.05, 0) is 31.0 Å².